The Hall–Kier alpha value is -3.81. The number of aromatic nitrogens is 2. The molecule has 0 bridgehead atoms. The second kappa shape index (κ2) is 8.26. The summed E-state index contributed by atoms with van der Waals surface area (Å²) in [6, 6.07) is 14.2. The van der Waals surface area contributed by atoms with E-state index in [1.807, 2.05) is 24.3 Å². The molecule has 0 atom stereocenters. The normalized spacial score (nSPS) is 10.4. The number of rotatable bonds is 7. The average molecular weight is 377 g/mol. The Morgan fingerprint density at radius 1 is 0.964 bits per heavy atom. The van der Waals surface area contributed by atoms with Crippen LogP contribution in [0.25, 0.3) is 0 Å². The van der Waals surface area contributed by atoms with Crippen molar-refractivity contribution in [2.75, 3.05) is 10.6 Å². The third kappa shape index (κ3) is 4.29. The molecule has 8 heteroatoms. The van der Waals surface area contributed by atoms with Gasteiger partial charge in [0.2, 0.25) is 11.6 Å². The van der Waals surface area contributed by atoms with Gasteiger partial charge in [-0.2, -0.15) is 0 Å². The zero-order valence-electron chi connectivity index (χ0n) is 15.5. The van der Waals surface area contributed by atoms with Gasteiger partial charge in [0.15, 0.2) is 5.78 Å². The van der Waals surface area contributed by atoms with E-state index in [1.165, 1.54) is 18.8 Å². The summed E-state index contributed by atoms with van der Waals surface area (Å²) in [7, 11) is 0. The molecule has 3 aromatic rings. The van der Waals surface area contributed by atoms with Crippen molar-refractivity contribution in [3.05, 3.63) is 76.1 Å². The summed E-state index contributed by atoms with van der Waals surface area (Å²) in [5.41, 5.74) is 2.72. The van der Waals surface area contributed by atoms with Gasteiger partial charge in [-0.25, -0.2) is 9.97 Å². The highest BCUT2D eigenvalue weighted by Gasteiger charge is 2.23. The summed E-state index contributed by atoms with van der Waals surface area (Å²) in [4.78, 5) is 30.6. The third-order valence-corrected chi connectivity index (χ3v) is 4.18. The first kappa shape index (κ1) is 19.0. The number of carbonyl (C=O) groups excluding carboxylic acids is 1. The lowest BCUT2D eigenvalue weighted by atomic mass is 10.1. The van der Waals surface area contributed by atoms with Gasteiger partial charge in [-0.1, -0.05) is 19.1 Å². The van der Waals surface area contributed by atoms with Gasteiger partial charge in [-0.05, 0) is 55.3 Å². The molecule has 0 radical (unpaired) electrons. The number of hydrogen-bond donors (Lipinski definition) is 2. The van der Waals surface area contributed by atoms with Crippen LogP contribution < -0.4 is 10.6 Å². The van der Waals surface area contributed by atoms with Gasteiger partial charge in [0.1, 0.15) is 6.33 Å². The lowest BCUT2D eigenvalue weighted by Gasteiger charge is -2.10. The van der Waals surface area contributed by atoms with Crippen LogP contribution in [0.2, 0.25) is 0 Å². The fraction of sp³-hybridized carbons (Fsp3) is 0.150. The third-order valence-electron chi connectivity index (χ3n) is 4.18. The van der Waals surface area contributed by atoms with E-state index in [2.05, 4.69) is 27.5 Å². The van der Waals surface area contributed by atoms with Crippen molar-refractivity contribution < 1.29 is 9.72 Å². The van der Waals surface area contributed by atoms with Crippen molar-refractivity contribution in [3.63, 3.8) is 0 Å². The van der Waals surface area contributed by atoms with Gasteiger partial charge in [-0.3, -0.25) is 14.9 Å². The molecule has 28 heavy (non-hydrogen) atoms. The lowest BCUT2D eigenvalue weighted by molar-refractivity contribution is -0.383. The minimum atomic E-state index is -0.533. The van der Waals surface area contributed by atoms with E-state index in [1.54, 1.807) is 24.3 Å². The summed E-state index contributed by atoms with van der Waals surface area (Å²) in [5, 5.41) is 17.6. The van der Waals surface area contributed by atoms with E-state index < -0.39 is 4.92 Å². The SMILES string of the molecule is CCc1ccc(Nc2ncnc(Nc3ccc(C(C)=O)cc3)c2[N+](=O)[O-])cc1. The minimum Gasteiger partial charge on any atom is -0.334 e. The van der Waals surface area contributed by atoms with Crippen LogP contribution in [0.15, 0.2) is 54.9 Å². The first-order valence-corrected chi connectivity index (χ1v) is 8.71. The van der Waals surface area contributed by atoms with Gasteiger partial charge < -0.3 is 10.6 Å². The van der Waals surface area contributed by atoms with Crippen molar-refractivity contribution in [1.29, 1.82) is 0 Å². The Morgan fingerprint density at radius 2 is 1.46 bits per heavy atom. The van der Waals surface area contributed by atoms with E-state index in [9.17, 15) is 14.9 Å². The predicted octanol–water partition coefficient (Wildman–Crippen LogP) is 4.64. The highest BCUT2D eigenvalue weighted by atomic mass is 16.6. The Balaban J connectivity index is 1.90. The molecule has 0 spiro atoms. The fourth-order valence-corrected chi connectivity index (χ4v) is 2.62. The molecular formula is C20H19N5O3. The molecule has 0 amide bonds. The van der Waals surface area contributed by atoms with Crippen LogP contribution in [0.4, 0.5) is 28.7 Å². The van der Waals surface area contributed by atoms with Gasteiger partial charge in [0.05, 0.1) is 4.92 Å². The molecule has 1 aromatic heterocycles. The van der Waals surface area contributed by atoms with Gasteiger partial charge in [0, 0.05) is 16.9 Å². The molecular weight excluding hydrogens is 358 g/mol. The van der Waals surface area contributed by atoms with Gasteiger partial charge >= 0.3 is 5.69 Å². The Kier molecular flexibility index (Phi) is 5.59. The maximum atomic E-state index is 11.7. The quantitative estimate of drug-likeness (QED) is 0.351. The molecule has 0 unspecified atom stereocenters. The molecule has 3 rings (SSSR count). The molecule has 0 fully saturated rings. The first-order chi connectivity index (χ1) is 13.5. The van der Waals surface area contributed by atoms with E-state index in [0.29, 0.717) is 16.9 Å². The van der Waals surface area contributed by atoms with Crippen LogP contribution in [0.3, 0.4) is 0 Å². The summed E-state index contributed by atoms with van der Waals surface area (Å²) in [6.45, 7) is 3.53. The van der Waals surface area contributed by atoms with E-state index >= 15 is 0 Å². The smallest absolute Gasteiger partial charge is 0.334 e. The van der Waals surface area contributed by atoms with Gasteiger partial charge in [0.25, 0.3) is 0 Å². The van der Waals surface area contributed by atoms with Crippen molar-refractivity contribution in [1.82, 2.24) is 9.97 Å². The van der Waals surface area contributed by atoms with Crippen molar-refractivity contribution in [3.8, 4) is 0 Å². The molecule has 0 aliphatic rings. The summed E-state index contributed by atoms with van der Waals surface area (Å²) in [6.07, 6.45) is 2.16. The Bertz CT molecular complexity index is 1000. The zero-order chi connectivity index (χ0) is 20.1. The summed E-state index contributed by atoms with van der Waals surface area (Å²) >= 11 is 0. The van der Waals surface area contributed by atoms with Crippen LogP contribution >= 0.6 is 0 Å². The van der Waals surface area contributed by atoms with Crippen LogP contribution in [0, 0.1) is 10.1 Å². The molecule has 0 saturated carbocycles. The number of Topliss-reactive ketones (excluding diaryl/α,β-unsaturated/α-hetero) is 1. The second-order valence-corrected chi connectivity index (χ2v) is 6.11. The van der Waals surface area contributed by atoms with Crippen LogP contribution in [0.5, 0.6) is 0 Å². The molecule has 0 aliphatic carbocycles. The maximum absolute atomic E-state index is 11.7. The molecule has 2 N–H and O–H groups in total. The average Bonchev–Trinajstić information content (AvgIpc) is 2.69. The number of ketones is 1. The van der Waals surface area contributed by atoms with E-state index in [4.69, 9.17) is 0 Å². The number of carbonyl (C=O) groups is 1. The second-order valence-electron chi connectivity index (χ2n) is 6.11. The number of aryl methyl sites for hydroxylation is 1. The minimum absolute atomic E-state index is 0.0554. The van der Waals surface area contributed by atoms with Crippen molar-refractivity contribution in [2.45, 2.75) is 20.3 Å². The topological polar surface area (TPSA) is 110 Å². The molecule has 142 valence electrons. The molecule has 0 saturated heterocycles. The highest BCUT2D eigenvalue weighted by Crippen LogP contribution is 2.33. The monoisotopic (exact) mass is 377 g/mol. The number of anilines is 4. The van der Waals surface area contributed by atoms with Crippen LogP contribution in [-0.4, -0.2) is 20.7 Å². The van der Waals surface area contributed by atoms with Crippen LogP contribution in [-0.2, 0) is 6.42 Å². The van der Waals surface area contributed by atoms with Gasteiger partial charge in [-0.15, -0.1) is 0 Å². The maximum Gasteiger partial charge on any atom is 0.353 e. The first-order valence-electron chi connectivity index (χ1n) is 8.71. The largest absolute Gasteiger partial charge is 0.353 e. The molecule has 0 aliphatic heterocycles. The highest BCUT2D eigenvalue weighted by molar-refractivity contribution is 5.94. The number of hydrogen-bond acceptors (Lipinski definition) is 7. The van der Waals surface area contributed by atoms with E-state index in [0.717, 1.165) is 6.42 Å². The van der Waals surface area contributed by atoms with Crippen LogP contribution in [0.1, 0.15) is 29.8 Å². The standard InChI is InChI=1S/C20H19N5O3/c1-3-14-4-8-16(9-5-14)23-19-18(25(27)28)20(22-12-21-19)24-17-10-6-15(7-11-17)13(2)26/h4-12H,3H2,1-2H3,(H2,21,22,23,24). The molecule has 1 heterocycles. The molecule has 2 aromatic carbocycles. The number of nitro groups is 1. The number of nitrogens with one attached hydrogen (secondary N) is 2. The predicted molar refractivity (Wildman–Crippen MR) is 108 cm³/mol. The number of nitrogens with zero attached hydrogens (tertiary/aromatic N) is 3. The Morgan fingerprint density at radius 3 is 1.89 bits per heavy atom. The number of benzene rings is 2. The van der Waals surface area contributed by atoms with Crippen molar-refractivity contribution in [2.24, 2.45) is 0 Å². The molecule has 8 nitrogen and oxygen atoms in total. The zero-order valence-corrected chi connectivity index (χ0v) is 15.5. The summed E-state index contributed by atoms with van der Waals surface area (Å²) in [5.74, 6) is 0.0931. The van der Waals surface area contributed by atoms with Crippen molar-refractivity contribution >= 4 is 34.5 Å². The Labute approximate surface area is 161 Å². The lowest BCUT2D eigenvalue weighted by Crippen LogP contribution is -2.05. The summed E-state index contributed by atoms with van der Waals surface area (Å²) < 4.78 is 0. The van der Waals surface area contributed by atoms with E-state index in [-0.39, 0.29) is 23.1 Å². The fourth-order valence-electron chi connectivity index (χ4n) is 2.62.